The van der Waals surface area contributed by atoms with Crippen molar-refractivity contribution in [2.75, 3.05) is 58.8 Å². The lowest BCUT2D eigenvalue weighted by Gasteiger charge is -2.29. The maximum atomic E-state index is 12.8. The van der Waals surface area contributed by atoms with Gasteiger partial charge in [-0.05, 0) is 44.2 Å². The Morgan fingerprint density at radius 2 is 2.06 bits per heavy atom. The Labute approximate surface area is 187 Å². The summed E-state index contributed by atoms with van der Waals surface area (Å²) < 4.78 is 5.37. The van der Waals surface area contributed by atoms with Gasteiger partial charge in [-0.3, -0.25) is 9.79 Å². The summed E-state index contributed by atoms with van der Waals surface area (Å²) in [4.78, 5) is 21.8. The van der Waals surface area contributed by atoms with E-state index in [9.17, 15) is 4.79 Å². The number of nitrogens with zero attached hydrogens (tertiary/aromatic N) is 3. The lowest BCUT2D eigenvalue weighted by atomic mass is 9.85. The average Bonchev–Trinajstić information content (AvgIpc) is 3.45. The van der Waals surface area contributed by atoms with Gasteiger partial charge in [0.15, 0.2) is 5.96 Å². The molecule has 2 N–H and O–H groups in total. The van der Waals surface area contributed by atoms with Crippen molar-refractivity contribution < 1.29 is 9.53 Å². The largest absolute Gasteiger partial charge is 0.497 e. The van der Waals surface area contributed by atoms with Gasteiger partial charge in [0.25, 0.3) is 0 Å². The number of anilines is 1. The molecule has 1 aromatic carbocycles. The topological polar surface area (TPSA) is 69.2 Å². The van der Waals surface area contributed by atoms with Crippen molar-refractivity contribution in [3.63, 3.8) is 0 Å². The first kappa shape index (κ1) is 23.2. The Morgan fingerprint density at radius 1 is 1.29 bits per heavy atom. The maximum absolute atomic E-state index is 12.8. The number of nitrogens with one attached hydrogen (secondary N) is 2. The van der Waals surface area contributed by atoms with Crippen LogP contribution in [0, 0.1) is 11.3 Å². The second kappa shape index (κ2) is 10.7. The molecule has 0 radical (unpaired) electrons. The van der Waals surface area contributed by atoms with Crippen LogP contribution in [-0.4, -0.2) is 70.7 Å². The van der Waals surface area contributed by atoms with Crippen LogP contribution in [0.3, 0.4) is 0 Å². The molecule has 1 saturated heterocycles. The van der Waals surface area contributed by atoms with E-state index in [-0.39, 0.29) is 11.3 Å². The van der Waals surface area contributed by atoms with Crippen molar-refractivity contribution in [1.82, 2.24) is 15.5 Å². The lowest BCUT2D eigenvalue weighted by molar-refractivity contribution is -0.138. The molecule has 31 heavy (non-hydrogen) atoms. The van der Waals surface area contributed by atoms with E-state index in [4.69, 9.17) is 9.73 Å². The van der Waals surface area contributed by atoms with E-state index < -0.39 is 0 Å². The van der Waals surface area contributed by atoms with E-state index >= 15 is 0 Å². The van der Waals surface area contributed by atoms with Crippen molar-refractivity contribution >= 4 is 17.6 Å². The summed E-state index contributed by atoms with van der Waals surface area (Å²) in [5, 5.41) is 6.89. The molecule has 2 aliphatic rings. The van der Waals surface area contributed by atoms with E-state index in [1.807, 2.05) is 26.2 Å². The van der Waals surface area contributed by atoms with Crippen LogP contribution < -0.4 is 20.3 Å². The summed E-state index contributed by atoms with van der Waals surface area (Å²) in [6, 6.07) is 8.27. The van der Waals surface area contributed by atoms with Gasteiger partial charge in [0, 0.05) is 52.0 Å². The second-order valence-corrected chi connectivity index (χ2v) is 9.07. The minimum atomic E-state index is -0.331. The smallest absolute Gasteiger partial charge is 0.230 e. The average molecular weight is 430 g/mol. The molecule has 1 heterocycles. The Kier molecular flexibility index (Phi) is 8.04. The summed E-state index contributed by atoms with van der Waals surface area (Å²) in [7, 11) is 5.41. The molecule has 7 heteroatoms. The summed E-state index contributed by atoms with van der Waals surface area (Å²) in [6.45, 7) is 6.38. The van der Waals surface area contributed by atoms with Gasteiger partial charge in [-0.1, -0.05) is 18.9 Å². The number of carbonyl (C=O) groups is 1. The number of ether oxygens (including phenoxy) is 1. The van der Waals surface area contributed by atoms with Crippen LogP contribution in [-0.2, 0) is 4.79 Å². The van der Waals surface area contributed by atoms with Gasteiger partial charge in [0.1, 0.15) is 5.75 Å². The standard InChI is InChI=1S/C24H39N5O2/c1-5-25-23(27-18-24(12-6-7-13-24)22(30)28(2)3)26-16-19-11-14-29(17-19)20-9-8-10-21(15-20)31-4/h8-10,15,19H,5-7,11-14,16-18H2,1-4H3,(H2,25,26,27). The highest BCUT2D eigenvalue weighted by atomic mass is 16.5. The van der Waals surface area contributed by atoms with E-state index in [0.717, 1.165) is 70.0 Å². The molecule has 1 aliphatic heterocycles. The van der Waals surface area contributed by atoms with Gasteiger partial charge in [0.2, 0.25) is 5.91 Å². The molecular weight excluding hydrogens is 390 g/mol. The molecule has 0 aromatic heterocycles. The zero-order valence-electron chi connectivity index (χ0n) is 19.6. The third kappa shape index (κ3) is 5.83. The first-order chi connectivity index (χ1) is 15.0. The molecule has 1 unspecified atom stereocenters. The van der Waals surface area contributed by atoms with Crippen molar-refractivity contribution in [3.8, 4) is 5.75 Å². The number of benzene rings is 1. The first-order valence-electron chi connectivity index (χ1n) is 11.6. The summed E-state index contributed by atoms with van der Waals surface area (Å²) >= 11 is 0. The fourth-order valence-electron chi connectivity index (χ4n) is 4.82. The van der Waals surface area contributed by atoms with Gasteiger partial charge in [-0.2, -0.15) is 0 Å². The Bertz CT molecular complexity index is 758. The molecule has 1 amide bonds. The molecule has 1 aromatic rings. The van der Waals surface area contributed by atoms with Gasteiger partial charge in [-0.15, -0.1) is 0 Å². The van der Waals surface area contributed by atoms with Crippen molar-refractivity contribution in [2.45, 2.75) is 39.0 Å². The van der Waals surface area contributed by atoms with E-state index in [0.29, 0.717) is 12.5 Å². The zero-order valence-corrected chi connectivity index (χ0v) is 19.6. The van der Waals surface area contributed by atoms with Gasteiger partial charge in [0.05, 0.1) is 19.1 Å². The number of methoxy groups -OCH3 is 1. The number of hydrogen-bond acceptors (Lipinski definition) is 4. The molecule has 0 spiro atoms. The minimum absolute atomic E-state index is 0.217. The van der Waals surface area contributed by atoms with Crippen LogP contribution in [0.4, 0.5) is 5.69 Å². The van der Waals surface area contributed by atoms with Crippen LogP contribution in [0.1, 0.15) is 39.0 Å². The molecule has 7 nitrogen and oxygen atoms in total. The number of carbonyl (C=O) groups excluding carboxylic acids is 1. The molecule has 0 bridgehead atoms. The lowest BCUT2D eigenvalue weighted by Crippen LogP contribution is -2.44. The van der Waals surface area contributed by atoms with Crippen LogP contribution in [0.15, 0.2) is 29.3 Å². The Balaban J connectivity index is 1.57. The quantitative estimate of drug-likeness (QED) is 0.491. The molecule has 172 valence electrons. The van der Waals surface area contributed by atoms with Gasteiger partial charge >= 0.3 is 0 Å². The molecule has 1 saturated carbocycles. The molecular formula is C24H39N5O2. The minimum Gasteiger partial charge on any atom is -0.497 e. The molecule has 2 fully saturated rings. The molecule has 1 atom stereocenters. The predicted molar refractivity (Wildman–Crippen MR) is 127 cm³/mol. The van der Waals surface area contributed by atoms with Crippen molar-refractivity contribution in [3.05, 3.63) is 24.3 Å². The normalized spacial score (nSPS) is 20.6. The summed E-state index contributed by atoms with van der Waals surface area (Å²) in [6.07, 6.45) is 5.24. The van der Waals surface area contributed by atoms with Crippen molar-refractivity contribution in [1.29, 1.82) is 0 Å². The number of aliphatic imine (C=N–C) groups is 1. The van der Waals surface area contributed by atoms with Crippen LogP contribution in [0.25, 0.3) is 0 Å². The molecule has 1 aliphatic carbocycles. The summed E-state index contributed by atoms with van der Waals surface area (Å²) in [5.41, 5.74) is 0.885. The third-order valence-electron chi connectivity index (χ3n) is 6.57. The SMILES string of the molecule is CCNC(=NCC1(C(=O)N(C)C)CCCC1)NCC1CCN(c2cccc(OC)c2)C1. The van der Waals surface area contributed by atoms with Crippen molar-refractivity contribution in [2.24, 2.45) is 16.3 Å². The fraction of sp³-hybridized carbons (Fsp3) is 0.667. The number of hydrogen-bond donors (Lipinski definition) is 2. The third-order valence-corrected chi connectivity index (χ3v) is 6.57. The number of guanidine groups is 1. The summed E-state index contributed by atoms with van der Waals surface area (Å²) in [5.74, 6) is 2.49. The highest BCUT2D eigenvalue weighted by molar-refractivity contribution is 5.84. The van der Waals surface area contributed by atoms with Crippen LogP contribution in [0.2, 0.25) is 0 Å². The highest BCUT2D eigenvalue weighted by Crippen LogP contribution is 2.39. The van der Waals surface area contributed by atoms with Gasteiger partial charge < -0.3 is 25.2 Å². The number of amides is 1. The number of rotatable bonds is 8. The van der Waals surface area contributed by atoms with Gasteiger partial charge in [-0.25, -0.2) is 0 Å². The Morgan fingerprint density at radius 3 is 2.74 bits per heavy atom. The monoisotopic (exact) mass is 429 g/mol. The van der Waals surface area contributed by atoms with E-state index in [2.05, 4.69) is 34.6 Å². The maximum Gasteiger partial charge on any atom is 0.230 e. The second-order valence-electron chi connectivity index (χ2n) is 9.07. The highest BCUT2D eigenvalue weighted by Gasteiger charge is 2.42. The van der Waals surface area contributed by atoms with Crippen LogP contribution in [0.5, 0.6) is 5.75 Å². The zero-order chi connectivity index (χ0) is 22.3. The van der Waals surface area contributed by atoms with Crippen LogP contribution >= 0.6 is 0 Å². The Hall–Kier alpha value is -2.44. The predicted octanol–water partition coefficient (Wildman–Crippen LogP) is 2.73. The van der Waals surface area contributed by atoms with E-state index in [1.165, 1.54) is 5.69 Å². The van der Waals surface area contributed by atoms with E-state index in [1.54, 1.807) is 12.0 Å². The fourth-order valence-corrected chi connectivity index (χ4v) is 4.82. The first-order valence-corrected chi connectivity index (χ1v) is 11.6. The molecule has 3 rings (SSSR count).